The molecule has 1 atom stereocenters. The largest absolute Gasteiger partial charge is 0.369 e. The van der Waals surface area contributed by atoms with E-state index >= 15 is 0 Å². The zero-order valence-corrected chi connectivity index (χ0v) is 10.5. The summed E-state index contributed by atoms with van der Waals surface area (Å²) in [5.74, 6) is 0.880. The molecule has 0 amide bonds. The van der Waals surface area contributed by atoms with E-state index in [0.29, 0.717) is 5.25 Å². The second-order valence-corrected chi connectivity index (χ2v) is 4.96. The van der Waals surface area contributed by atoms with Crippen molar-refractivity contribution in [3.8, 4) is 0 Å². The van der Waals surface area contributed by atoms with Crippen LogP contribution in [0, 0.1) is 0 Å². The van der Waals surface area contributed by atoms with Gasteiger partial charge in [-0.1, -0.05) is 20.8 Å². The van der Waals surface area contributed by atoms with Crippen molar-refractivity contribution in [3.63, 3.8) is 0 Å². The Morgan fingerprint density at radius 1 is 1.40 bits per heavy atom. The first-order chi connectivity index (χ1) is 7.26. The molecular formula is C11H19N3S. The fourth-order valence-corrected chi connectivity index (χ4v) is 1.88. The smallest absolute Gasteiger partial charge is 0.145 e. The SMILES string of the molecule is CCCNc1cncc(SC(C)CC)n1. The van der Waals surface area contributed by atoms with Crippen molar-refractivity contribution in [3.05, 3.63) is 12.4 Å². The van der Waals surface area contributed by atoms with Crippen LogP contribution < -0.4 is 5.32 Å². The number of nitrogens with zero attached hydrogens (tertiary/aromatic N) is 2. The Morgan fingerprint density at radius 2 is 2.20 bits per heavy atom. The molecule has 0 bridgehead atoms. The number of thioether (sulfide) groups is 1. The number of hydrogen-bond acceptors (Lipinski definition) is 4. The lowest BCUT2D eigenvalue weighted by atomic mass is 10.4. The Labute approximate surface area is 96.1 Å². The van der Waals surface area contributed by atoms with Gasteiger partial charge in [0, 0.05) is 11.8 Å². The normalized spacial score (nSPS) is 12.5. The van der Waals surface area contributed by atoms with Crippen LogP contribution in [0.3, 0.4) is 0 Å². The molecular weight excluding hydrogens is 206 g/mol. The molecule has 1 N–H and O–H groups in total. The van der Waals surface area contributed by atoms with Gasteiger partial charge in [-0.15, -0.1) is 11.8 Å². The van der Waals surface area contributed by atoms with Crippen molar-refractivity contribution in [1.82, 2.24) is 9.97 Å². The molecule has 1 rings (SSSR count). The minimum atomic E-state index is 0.598. The van der Waals surface area contributed by atoms with E-state index in [0.717, 1.165) is 30.2 Å². The maximum atomic E-state index is 4.49. The molecule has 0 spiro atoms. The molecule has 0 saturated carbocycles. The summed E-state index contributed by atoms with van der Waals surface area (Å²) in [7, 11) is 0. The first kappa shape index (κ1) is 12.3. The summed E-state index contributed by atoms with van der Waals surface area (Å²) < 4.78 is 0. The highest BCUT2D eigenvalue weighted by molar-refractivity contribution is 7.99. The lowest BCUT2D eigenvalue weighted by molar-refractivity contribution is 0.896. The molecule has 1 aromatic heterocycles. The summed E-state index contributed by atoms with van der Waals surface area (Å²) in [6.45, 7) is 7.48. The molecule has 0 radical (unpaired) electrons. The van der Waals surface area contributed by atoms with Crippen LogP contribution in [0.5, 0.6) is 0 Å². The minimum absolute atomic E-state index is 0.598. The molecule has 84 valence electrons. The van der Waals surface area contributed by atoms with Gasteiger partial charge in [0.15, 0.2) is 0 Å². The van der Waals surface area contributed by atoms with Gasteiger partial charge in [0.1, 0.15) is 10.8 Å². The Balaban J connectivity index is 2.57. The molecule has 0 aliphatic heterocycles. The summed E-state index contributed by atoms with van der Waals surface area (Å²) in [5.41, 5.74) is 0. The Kier molecular flexibility index (Phi) is 5.47. The van der Waals surface area contributed by atoms with Crippen molar-refractivity contribution >= 4 is 17.6 Å². The number of aromatic nitrogens is 2. The Morgan fingerprint density at radius 3 is 2.87 bits per heavy atom. The average Bonchev–Trinajstić information content (AvgIpc) is 2.26. The van der Waals surface area contributed by atoms with Crippen LogP contribution in [0.2, 0.25) is 0 Å². The molecule has 3 nitrogen and oxygen atoms in total. The van der Waals surface area contributed by atoms with Crippen molar-refractivity contribution in [2.75, 3.05) is 11.9 Å². The zero-order chi connectivity index (χ0) is 11.1. The quantitative estimate of drug-likeness (QED) is 0.755. The molecule has 1 heterocycles. The van der Waals surface area contributed by atoms with Crippen molar-refractivity contribution in [2.45, 2.75) is 43.9 Å². The summed E-state index contributed by atoms with van der Waals surface area (Å²) >= 11 is 1.78. The first-order valence-corrected chi connectivity index (χ1v) is 6.36. The van der Waals surface area contributed by atoms with Crippen LogP contribution in [0.15, 0.2) is 17.4 Å². The fraction of sp³-hybridized carbons (Fsp3) is 0.636. The summed E-state index contributed by atoms with van der Waals surface area (Å²) in [6, 6.07) is 0. The van der Waals surface area contributed by atoms with Gasteiger partial charge in [0.2, 0.25) is 0 Å². The monoisotopic (exact) mass is 225 g/mol. The average molecular weight is 225 g/mol. The van der Waals surface area contributed by atoms with Gasteiger partial charge < -0.3 is 5.32 Å². The van der Waals surface area contributed by atoms with E-state index in [2.05, 4.69) is 36.1 Å². The van der Waals surface area contributed by atoms with Gasteiger partial charge in [0.25, 0.3) is 0 Å². The molecule has 0 aliphatic carbocycles. The molecule has 1 unspecified atom stereocenters. The van der Waals surface area contributed by atoms with E-state index in [1.807, 2.05) is 6.20 Å². The maximum Gasteiger partial charge on any atom is 0.145 e. The Hall–Kier alpha value is -0.770. The lowest BCUT2D eigenvalue weighted by Gasteiger charge is -2.08. The molecule has 0 aliphatic rings. The highest BCUT2D eigenvalue weighted by atomic mass is 32.2. The van der Waals surface area contributed by atoms with Crippen molar-refractivity contribution in [2.24, 2.45) is 0 Å². The van der Waals surface area contributed by atoms with Crippen LogP contribution in [0.1, 0.15) is 33.6 Å². The van der Waals surface area contributed by atoms with Crippen LogP contribution in [-0.2, 0) is 0 Å². The molecule has 0 fully saturated rings. The number of nitrogens with one attached hydrogen (secondary N) is 1. The van der Waals surface area contributed by atoms with E-state index in [1.165, 1.54) is 0 Å². The third kappa shape index (κ3) is 4.51. The third-order valence-corrected chi connectivity index (χ3v) is 3.24. The van der Waals surface area contributed by atoms with Gasteiger partial charge >= 0.3 is 0 Å². The van der Waals surface area contributed by atoms with Gasteiger partial charge in [-0.25, -0.2) is 4.98 Å². The van der Waals surface area contributed by atoms with E-state index in [1.54, 1.807) is 18.0 Å². The van der Waals surface area contributed by atoms with E-state index in [-0.39, 0.29) is 0 Å². The summed E-state index contributed by atoms with van der Waals surface area (Å²) in [6.07, 6.45) is 5.85. The maximum absolute atomic E-state index is 4.49. The van der Waals surface area contributed by atoms with Crippen LogP contribution in [-0.4, -0.2) is 21.8 Å². The highest BCUT2D eigenvalue weighted by Gasteiger charge is 2.04. The predicted octanol–water partition coefficient (Wildman–Crippen LogP) is 3.19. The van der Waals surface area contributed by atoms with Gasteiger partial charge in [-0.2, -0.15) is 0 Å². The zero-order valence-electron chi connectivity index (χ0n) is 9.66. The van der Waals surface area contributed by atoms with E-state index < -0.39 is 0 Å². The Bertz CT molecular complexity index is 291. The van der Waals surface area contributed by atoms with E-state index in [9.17, 15) is 0 Å². The van der Waals surface area contributed by atoms with Gasteiger partial charge in [0.05, 0.1) is 12.4 Å². The number of rotatable bonds is 6. The summed E-state index contributed by atoms with van der Waals surface area (Å²) in [4.78, 5) is 8.67. The van der Waals surface area contributed by atoms with Gasteiger partial charge in [-0.3, -0.25) is 4.98 Å². The lowest BCUT2D eigenvalue weighted by Crippen LogP contribution is -2.03. The second kappa shape index (κ2) is 6.67. The number of hydrogen-bond donors (Lipinski definition) is 1. The molecule has 15 heavy (non-hydrogen) atoms. The fourth-order valence-electron chi connectivity index (χ4n) is 1.03. The third-order valence-electron chi connectivity index (χ3n) is 2.07. The molecule has 4 heteroatoms. The van der Waals surface area contributed by atoms with Gasteiger partial charge in [-0.05, 0) is 12.8 Å². The van der Waals surface area contributed by atoms with Crippen LogP contribution in [0.4, 0.5) is 5.82 Å². The van der Waals surface area contributed by atoms with Crippen molar-refractivity contribution < 1.29 is 0 Å². The second-order valence-electron chi connectivity index (χ2n) is 3.51. The predicted molar refractivity (Wildman–Crippen MR) is 66.4 cm³/mol. The van der Waals surface area contributed by atoms with Crippen LogP contribution >= 0.6 is 11.8 Å². The van der Waals surface area contributed by atoms with Crippen LogP contribution in [0.25, 0.3) is 0 Å². The molecule has 0 saturated heterocycles. The highest BCUT2D eigenvalue weighted by Crippen LogP contribution is 2.23. The molecule has 0 aromatic carbocycles. The van der Waals surface area contributed by atoms with E-state index in [4.69, 9.17) is 0 Å². The minimum Gasteiger partial charge on any atom is -0.369 e. The number of anilines is 1. The standard InChI is InChI=1S/C11H19N3S/c1-4-6-13-10-7-12-8-11(14-10)15-9(3)5-2/h7-9H,4-6H2,1-3H3,(H,13,14). The topological polar surface area (TPSA) is 37.8 Å². The van der Waals surface area contributed by atoms with Crippen molar-refractivity contribution in [1.29, 1.82) is 0 Å². The summed E-state index contributed by atoms with van der Waals surface area (Å²) in [5, 5.41) is 4.84. The molecule has 1 aromatic rings. The first-order valence-electron chi connectivity index (χ1n) is 5.48.